The van der Waals surface area contributed by atoms with Gasteiger partial charge in [0.15, 0.2) is 0 Å². The summed E-state index contributed by atoms with van der Waals surface area (Å²) in [5.41, 5.74) is 0. The molecule has 3 heteroatoms. The number of rotatable bonds is 2. The van der Waals surface area contributed by atoms with Crippen molar-refractivity contribution in [2.75, 3.05) is 6.54 Å². The van der Waals surface area contributed by atoms with E-state index in [1.54, 1.807) is 6.92 Å². The second-order valence-corrected chi connectivity index (χ2v) is 3.11. The summed E-state index contributed by atoms with van der Waals surface area (Å²) in [6, 6.07) is 0. The molecule has 1 atom stereocenters. The minimum Gasteiger partial charge on any atom is -0.356 e. The van der Waals surface area contributed by atoms with E-state index in [1.807, 2.05) is 0 Å². The molecule has 1 saturated heterocycles. The maximum absolute atomic E-state index is 10.8. The lowest BCUT2D eigenvalue weighted by atomic mass is 9.93. The van der Waals surface area contributed by atoms with Gasteiger partial charge in [-0.2, -0.15) is 0 Å². The van der Waals surface area contributed by atoms with Crippen molar-refractivity contribution in [1.29, 1.82) is 0 Å². The first-order chi connectivity index (χ1) is 5.18. The largest absolute Gasteiger partial charge is 0.356 e. The highest BCUT2D eigenvalue weighted by Gasteiger charge is 2.19. The molecule has 1 rings (SSSR count). The zero-order chi connectivity index (χ0) is 8.27. The molecule has 1 fully saturated rings. The molecule has 0 aromatic carbocycles. The molecule has 0 aromatic rings. The van der Waals surface area contributed by atoms with Crippen molar-refractivity contribution in [1.82, 2.24) is 5.32 Å². The molecule has 0 saturated carbocycles. The Balaban J connectivity index is 2.34. The average molecular weight is 155 g/mol. The predicted octanol–water partition coefficient (Wildman–Crippen LogP) is 0.492. The van der Waals surface area contributed by atoms with Gasteiger partial charge >= 0.3 is 0 Å². The van der Waals surface area contributed by atoms with Gasteiger partial charge in [-0.25, -0.2) is 0 Å². The van der Waals surface area contributed by atoms with Gasteiger partial charge in [0.1, 0.15) is 5.78 Å². The molecule has 1 aliphatic heterocycles. The highest BCUT2D eigenvalue weighted by atomic mass is 16.1. The lowest BCUT2D eigenvalue weighted by Gasteiger charge is -2.20. The average Bonchev–Trinajstić information content (AvgIpc) is 1.85. The maximum atomic E-state index is 10.8. The number of hydrogen-bond acceptors (Lipinski definition) is 2. The Bertz CT molecular complexity index is 175. The van der Waals surface area contributed by atoms with Crippen LogP contribution in [0, 0.1) is 5.92 Å². The van der Waals surface area contributed by atoms with E-state index in [9.17, 15) is 9.59 Å². The van der Waals surface area contributed by atoms with Gasteiger partial charge in [-0.15, -0.1) is 0 Å². The smallest absolute Gasteiger partial charge is 0.220 e. The molecule has 1 heterocycles. The first kappa shape index (κ1) is 8.24. The Kier molecular flexibility index (Phi) is 2.63. The molecule has 0 aromatic heterocycles. The van der Waals surface area contributed by atoms with E-state index in [0.29, 0.717) is 18.8 Å². The summed E-state index contributed by atoms with van der Waals surface area (Å²) in [5.74, 6) is 0.563. The maximum Gasteiger partial charge on any atom is 0.220 e. The first-order valence-electron chi connectivity index (χ1n) is 3.94. The van der Waals surface area contributed by atoms with Gasteiger partial charge in [0.25, 0.3) is 0 Å². The Labute approximate surface area is 66.2 Å². The summed E-state index contributed by atoms with van der Waals surface area (Å²) < 4.78 is 0. The topological polar surface area (TPSA) is 46.2 Å². The lowest BCUT2D eigenvalue weighted by molar-refractivity contribution is -0.124. The second kappa shape index (κ2) is 3.51. The third-order valence-electron chi connectivity index (χ3n) is 1.92. The van der Waals surface area contributed by atoms with Crippen LogP contribution >= 0.6 is 0 Å². The van der Waals surface area contributed by atoms with Gasteiger partial charge in [-0.3, -0.25) is 4.79 Å². The van der Waals surface area contributed by atoms with Crippen molar-refractivity contribution < 1.29 is 9.59 Å². The van der Waals surface area contributed by atoms with Crippen LogP contribution in [0.1, 0.15) is 26.2 Å². The van der Waals surface area contributed by atoms with E-state index in [-0.39, 0.29) is 11.7 Å². The summed E-state index contributed by atoms with van der Waals surface area (Å²) in [6.07, 6.45) is 2.04. The molecule has 1 unspecified atom stereocenters. The molecular weight excluding hydrogens is 142 g/mol. The van der Waals surface area contributed by atoms with E-state index in [1.165, 1.54) is 0 Å². The highest BCUT2D eigenvalue weighted by molar-refractivity contribution is 5.79. The molecule has 1 aliphatic rings. The summed E-state index contributed by atoms with van der Waals surface area (Å²) in [4.78, 5) is 21.5. The minimum absolute atomic E-state index is 0.0856. The SMILES string of the molecule is CC(=O)CC1CCNC(=O)C1. The number of hydrogen-bond donors (Lipinski definition) is 1. The van der Waals surface area contributed by atoms with Gasteiger partial charge in [-0.1, -0.05) is 0 Å². The molecular formula is C8H13NO2. The Morgan fingerprint density at radius 3 is 3.00 bits per heavy atom. The molecule has 62 valence electrons. The standard InChI is InChI=1S/C8H13NO2/c1-6(10)4-7-2-3-9-8(11)5-7/h7H,2-5H2,1H3,(H,9,11). The molecule has 0 spiro atoms. The van der Waals surface area contributed by atoms with Gasteiger partial charge in [0.2, 0.25) is 5.91 Å². The zero-order valence-electron chi connectivity index (χ0n) is 6.72. The van der Waals surface area contributed by atoms with Crippen molar-refractivity contribution >= 4 is 11.7 Å². The number of nitrogens with one attached hydrogen (secondary N) is 1. The van der Waals surface area contributed by atoms with Gasteiger partial charge < -0.3 is 10.1 Å². The fraction of sp³-hybridized carbons (Fsp3) is 0.750. The van der Waals surface area contributed by atoms with Crippen LogP contribution in [0.25, 0.3) is 0 Å². The van der Waals surface area contributed by atoms with Gasteiger partial charge in [-0.05, 0) is 19.3 Å². The minimum atomic E-state index is 0.0856. The number of piperidine rings is 1. The second-order valence-electron chi connectivity index (χ2n) is 3.11. The van der Waals surface area contributed by atoms with Gasteiger partial charge in [0, 0.05) is 19.4 Å². The van der Waals surface area contributed by atoms with E-state index in [4.69, 9.17) is 0 Å². The van der Waals surface area contributed by atoms with Crippen LogP contribution in [-0.4, -0.2) is 18.2 Å². The fourth-order valence-electron chi connectivity index (χ4n) is 1.43. The number of ketones is 1. The van der Waals surface area contributed by atoms with Crippen LogP contribution in [0.3, 0.4) is 0 Å². The van der Waals surface area contributed by atoms with Crippen LogP contribution in [-0.2, 0) is 9.59 Å². The van der Waals surface area contributed by atoms with Crippen LogP contribution in [0.4, 0.5) is 0 Å². The van der Waals surface area contributed by atoms with Crippen LogP contribution in [0.5, 0.6) is 0 Å². The molecule has 1 N–H and O–H groups in total. The number of carbonyl (C=O) groups excluding carboxylic acids is 2. The highest BCUT2D eigenvalue weighted by Crippen LogP contribution is 2.16. The van der Waals surface area contributed by atoms with Crippen molar-refractivity contribution in [3.8, 4) is 0 Å². The fourth-order valence-corrected chi connectivity index (χ4v) is 1.43. The number of amides is 1. The Morgan fingerprint density at radius 1 is 1.73 bits per heavy atom. The summed E-state index contributed by atoms with van der Waals surface area (Å²) >= 11 is 0. The van der Waals surface area contributed by atoms with E-state index >= 15 is 0 Å². The van der Waals surface area contributed by atoms with Crippen molar-refractivity contribution in [3.63, 3.8) is 0 Å². The third kappa shape index (κ3) is 2.70. The van der Waals surface area contributed by atoms with Crippen LogP contribution in [0.2, 0.25) is 0 Å². The van der Waals surface area contributed by atoms with E-state index < -0.39 is 0 Å². The predicted molar refractivity (Wildman–Crippen MR) is 41.0 cm³/mol. The normalized spacial score (nSPS) is 24.5. The summed E-state index contributed by atoms with van der Waals surface area (Å²) in [5, 5.41) is 2.73. The van der Waals surface area contributed by atoms with Crippen LogP contribution < -0.4 is 5.32 Å². The molecule has 0 radical (unpaired) electrons. The van der Waals surface area contributed by atoms with Crippen LogP contribution in [0.15, 0.2) is 0 Å². The van der Waals surface area contributed by atoms with E-state index in [0.717, 1.165) is 13.0 Å². The Morgan fingerprint density at radius 2 is 2.45 bits per heavy atom. The molecule has 0 bridgehead atoms. The molecule has 11 heavy (non-hydrogen) atoms. The Hall–Kier alpha value is -0.860. The monoisotopic (exact) mass is 155 g/mol. The molecule has 1 amide bonds. The van der Waals surface area contributed by atoms with Crippen molar-refractivity contribution in [2.24, 2.45) is 5.92 Å². The zero-order valence-corrected chi connectivity index (χ0v) is 6.72. The number of carbonyl (C=O) groups is 2. The molecule has 3 nitrogen and oxygen atoms in total. The van der Waals surface area contributed by atoms with Crippen molar-refractivity contribution in [3.05, 3.63) is 0 Å². The third-order valence-corrected chi connectivity index (χ3v) is 1.92. The summed E-state index contributed by atoms with van der Waals surface area (Å²) in [6.45, 7) is 2.31. The summed E-state index contributed by atoms with van der Waals surface area (Å²) in [7, 11) is 0. The van der Waals surface area contributed by atoms with E-state index in [2.05, 4.69) is 5.32 Å². The lowest BCUT2D eigenvalue weighted by Crippen LogP contribution is -2.34. The van der Waals surface area contributed by atoms with Crippen molar-refractivity contribution in [2.45, 2.75) is 26.2 Å². The first-order valence-corrected chi connectivity index (χ1v) is 3.94. The number of Topliss-reactive ketones (excluding diaryl/α,β-unsaturated/α-hetero) is 1. The molecule has 0 aliphatic carbocycles. The quantitative estimate of drug-likeness (QED) is 0.631. The van der Waals surface area contributed by atoms with Gasteiger partial charge in [0.05, 0.1) is 0 Å².